The Labute approximate surface area is 141 Å². The molecule has 1 atom stereocenters. The normalized spacial score (nSPS) is 20.1. The van der Waals surface area contributed by atoms with Crippen molar-refractivity contribution >= 4 is 5.91 Å². The molecule has 0 N–H and O–H groups in total. The summed E-state index contributed by atoms with van der Waals surface area (Å²) in [6.07, 6.45) is 6.64. The number of nitrogens with zero attached hydrogens (tertiary/aromatic N) is 4. The molecule has 3 rings (SSSR count). The third-order valence-corrected chi connectivity index (χ3v) is 3.88. The largest absolute Gasteiger partial charge is 0.382 e. The van der Waals surface area contributed by atoms with E-state index in [0.29, 0.717) is 31.1 Å². The number of carbonyl (C=O) groups excluding carboxylic acids is 1. The molecule has 0 bridgehead atoms. The molecule has 2 aromatic rings. The highest BCUT2D eigenvalue weighted by Gasteiger charge is 2.35. The minimum atomic E-state index is -0.405. The maximum absolute atomic E-state index is 12.9. The molecule has 0 spiro atoms. The summed E-state index contributed by atoms with van der Waals surface area (Å²) in [7, 11) is 1.64. The zero-order chi connectivity index (χ0) is 17.2. The van der Waals surface area contributed by atoms with Gasteiger partial charge in [0.25, 0.3) is 5.91 Å². The highest BCUT2D eigenvalue weighted by molar-refractivity contribution is 5.94. The molecular weight excluding hydrogens is 308 g/mol. The van der Waals surface area contributed by atoms with Crippen LogP contribution in [0.25, 0.3) is 5.82 Å². The predicted octanol–water partition coefficient (Wildman–Crippen LogP) is 1.53. The Bertz CT molecular complexity index is 700. The van der Waals surface area contributed by atoms with Crippen LogP contribution in [-0.2, 0) is 9.47 Å². The lowest BCUT2D eigenvalue weighted by molar-refractivity contribution is -0.143. The number of rotatable bonds is 4. The van der Waals surface area contributed by atoms with Gasteiger partial charge in [-0.25, -0.2) is 9.97 Å². The van der Waals surface area contributed by atoms with Crippen molar-refractivity contribution in [1.82, 2.24) is 19.4 Å². The first-order valence-corrected chi connectivity index (χ1v) is 7.89. The van der Waals surface area contributed by atoms with E-state index in [9.17, 15) is 4.79 Å². The van der Waals surface area contributed by atoms with Crippen molar-refractivity contribution in [2.45, 2.75) is 25.6 Å². The van der Waals surface area contributed by atoms with E-state index in [1.807, 2.05) is 18.7 Å². The van der Waals surface area contributed by atoms with Crippen molar-refractivity contribution in [1.29, 1.82) is 0 Å². The Morgan fingerprint density at radius 1 is 1.46 bits per heavy atom. The molecule has 1 fully saturated rings. The van der Waals surface area contributed by atoms with Gasteiger partial charge in [0.05, 0.1) is 18.3 Å². The Kier molecular flexibility index (Phi) is 4.64. The number of methoxy groups -OCH3 is 1. The molecule has 7 heteroatoms. The summed E-state index contributed by atoms with van der Waals surface area (Å²) >= 11 is 0. The second-order valence-corrected chi connectivity index (χ2v) is 6.51. The molecule has 1 amide bonds. The molecular formula is C17H22N4O3. The lowest BCUT2D eigenvalue weighted by Crippen LogP contribution is -2.55. The van der Waals surface area contributed by atoms with Gasteiger partial charge in [0, 0.05) is 44.4 Å². The van der Waals surface area contributed by atoms with E-state index in [-0.39, 0.29) is 12.0 Å². The zero-order valence-electron chi connectivity index (χ0n) is 14.2. The van der Waals surface area contributed by atoms with Crippen molar-refractivity contribution in [3.63, 3.8) is 0 Å². The van der Waals surface area contributed by atoms with Crippen molar-refractivity contribution < 1.29 is 14.3 Å². The summed E-state index contributed by atoms with van der Waals surface area (Å²) in [4.78, 5) is 23.1. The average molecular weight is 330 g/mol. The minimum Gasteiger partial charge on any atom is -0.382 e. The highest BCUT2D eigenvalue weighted by Crippen LogP contribution is 2.23. The lowest BCUT2D eigenvalue weighted by Gasteiger charge is -2.42. The third-order valence-electron chi connectivity index (χ3n) is 3.88. The molecule has 1 aliphatic heterocycles. The third kappa shape index (κ3) is 3.63. The van der Waals surface area contributed by atoms with Gasteiger partial charge in [-0.3, -0.25) is 9.36 Å². The molecule has 0 radical (unpaired) electrons. The molecule has 1 saturated heterocycles. The Hall–Kier alpha value is -2.25. The number of amides is 1. The van der Waals surface area contributed by atoms with Crippen LogP contribution in [0.15, 0.2) is 37.1 Å². The molecule has 128 valence electrons. The Morgan fingerprint density at radius 2 is 2.29 bits per heavy atom. The maximum Gasteiger partial charge on any atom is 0.254 e. The predicted molar refractivity (Wildman–Crippen MR) is 88.1 cm³/mol. The van der Waals surface area contributed by atoms with Crippen LogP contribution >= 0.6 is 0 Å². The van der Waals surface area contributed by atoms with Crippen molar-refractivity contribution in [3.8, 4) is 5.82 Å². The number of morpholine rings is 1. The molecule has 0 aromatic carbocycles. The first kappa shape index (κ1) is 16.6. The summed E-state index contributed by atoms with van der Waals surface area (Å²) in [5, 5.41) is 0. The smallest absolute Gasteiger partial charge is 0.254 e. The second-order valence-electron chi connectivity index (χ2n) is 6.51. The summed E-state index contributed by atoms with van der Waals surface area (Å²) in [6.45, 7) is 5.48. The van der Waals surface area contributed by atoms with E-state index in [4.69, 9.17) is 9.47 Å². The van der Waals surface area contributed by atoms with Crippen molar-refractivity contribution in [2.24, 2.45) is 0 Å². The fourth-order valence-corrected chi connectivity index (χ4v) is 2.99. The van der Waals surface area contributed by atoms with E-state index in [1.165, 1.54) is 0 Å². The molecule has 1 unspecified atom stereocenters. The van der Waals surface area contributed by atoms with Gasteiger partial charge in [0.15, 0.2) is 0 Å². The summed E-state index contributed by atoms with van der Waals surface area (Å²) in [6, 6.07) is 3.51. The number of ether oxygens (including phenoxy) is 2. The quantitative estimate of drug-likeness (QED) is 0.850. The Balaban J connectivity index is 1.81. The van der Waals surface area contributed by atoms with Gasteiger partial charge in [-0.05, 0) is 26.0 Å². The van der Waals surface area contributed by atoms with Crippen LogP contribution in [0.2, 0.25) is 0 Å². The first-order chi connectivity index (χ1) is 11.5. The van der Waals surface area contributed by atoms with E-state index in [1.54, 1.807) is 48.7 Å². The van der Waals surface area contributed by atoms with Crippen molar-refractivity contribution in [3.05, 3.63) is 42.6 Å². The van der Waals surface area contributed by atoms with Crippen LogP contribution in [0.4, 0.5) is 0 Å². The van der Waals surface area contributed by atoms with Crippen LogP contribution in [0.1, 0.15) is 24.2 Å². The summed E-state index contributed by atoms with van der Waals surface area (Å²) in [5.74, 6) is 0.635. The molecule has 1 aliphatic rings. The number of imidazole rings is 1. The average Bonchev–Trinajstić information content (AvgIpc) is 3.07. The Morgan fingerprint density at radius 3 is 3.00 bits per heavy atom. The van der Waals surface area contributed by atoms with Crippen LogP contribution in [0.5, 0.6) is 0 Å². The molecule has 0 saturated carbocycles. The van der Waals surface area contributed by atoms with Gasteiger partial charge in [-0.1, -0.05) is 0 Å². The van der Waals surface area contributed by atoms with Gasteiger partial charge in [-0.2, -0.15) is 0 Å². The monoisotopic (exact) mass is 330 g/mol. The summed E-state index contributed by atoms with van der Waals surface area (Å²) < 4.78 is 12.9. The molecule has 3 heterocycles. The van der Waals surface area contributed by atoms with E-state index in [0.717, 1.165) is 0 Å². The number of hydrogen-bond donors (Lipinski definition) is 0. The van der Waals surface area contributed by atoms with Gasteiger partial charge in [-0.15, -0.1) is 0 Å². The van der Waals surface area contributed by atoms with Gasteiger partial charge in [0.1, 0.15) is 12.1 Å². The van der Waals surface area contributed by atoms with Gasteiger partial charge < -0.3 is 14.4 Å². The van der Waals surface area contributed by atoms with E-state index < -0.39 is 5.60 Å². The van der Waals surface area contributed by atoms with Gasteiger partial charge in [0.2, 0.25) is 0 Å². The van der Waals surface area contributed by atoms with Crippen LogP contribution in [0, 0.1) is 0 Å². The lowest BCUT2D eigenvalue weighted by atomic mass is 10.0. The number of aromatic nitrogens is 3. The zero-order valence-corrected chi connectivity index (χ0v) is 14.2. The molecule has 0 aliphatic carbocycles. The second kappa shape index (κ2) is 6.70. The topological polar surface area (TPSA) is 69.5 Å². The SMILES string of the molecule is COCC1CN(C(=O)c2ccnc(-n3ccnc3)c2)CC(C)(C)O1. The molecule has 7 nitrogen and oxygen atoms in total. The number of hydrogen-bond acceptors (Lipinski definition) is 5. The van der Waals surface area contributed by atoms with Crippen LogP contribution < -0.4 is 0 Å². The fraction of sp³-hybridized carbons (Fsp3) is 0.471. The van der Waals surface area contributed by atoms with Crippen LogP contribution in [-0.4, -0.2) is 63.9 Å². The molecule has 2 aromatic heterocycles. The van der Waals surface area contributed by atoms with E-state index in [2.05, 4.69) is 9.97 Å². The standard InChI is InChI=1S/C17H22N4O3/c1-17(2)11-21(9-14(24-17)10-23-3)16(22)13-4-5-19-15(8-13)20-7-6-18-12-20/h4-8,12,14H,9-11H2,1-3H3. The first-order valence-electron chi connectivity index (χ1n) is 7.89. The number of carbonyl (C=O) groups is 1. The maximum atomic E-state index is 12.9. The van der Waals surface area contributed by atoms with Gasteiger partial charge >= 0.3 is 0 Å². The van der Waals surface area contributed by atoms with Crippen molar-refractivity contribution in [2.75, 3.05) is 26.8 Å². The molecule has 24 heavy (non-hydrogen) atoms. The van der Waals surface area contributed by atoms with E-state index >= 15 is 0 Å². The highest BCUT2D eigenvalue weighted by atomic mass is 16.5. The van der Waals surface area contributed by atoms with Crippen LogP contribution in [0.3, 0.4) is 0 Å². The minimum absolute atomic E-state index is 0.0313. The fourth-order valence-electron chi connectivity index (χ4n) is 2.99. The number of pyridine rings is 1. The summed E-state index contributed by atoms with van der Waals surface area (Å²) in [5.41, 5.74) is 0.194.